The third-order valence-corrected chi connectivity index (χ3v) is 3.21. The normalized spacial score (nSPS) is 17.5. The fourth-order valence-electron chi connectivity index (χ4n) is 2.20. The van der Waals surface area contributed by atoms with Crippen LogP contribution in [0.15, 0.2) is 24.4 Å². The summed E-state index contributed by atoms with van der Waals surface area (Å²) in [6, 6.07) is 3.04. The van der Waals surface area contributed by atoms with Gasteiger partial charge in [0.1, 0.15) is 5.60 Å². The number of alkyl halides is 2. The molecule has 0 saturated carbocycles. The number of aromatic nitrogens is 1. The summed E-state index contributed by atoms with van der Waals surface area (Å²) in [5, 5.41) is 0. The summed E-state index contributed by atoms with van der Waals surface area (Å²) in [6.45, 7) is 4.41. The van der Waals surface area contributed by atoms with E-state index >= 15 is 0 Å². The fourth-order valence-corrected chi connectivity index (χ4v) is 2.20. The Morgan fingerprint density at radius 2 is 2.04 bits per heavy atom. The number of nitrogens with zero attached hydrogens (tertiary/aromatic N) is 2. The number of ether oxygens (including phenoxy) is 2. The minimum absolute atomic E-state index is 0.0614. The van der Waals surface area contributed by atoms with Crippen molar-refractivity contribution in [3.8, 4) is 5.88 Å². The fraction of sp³-hybridized carbons (Fsp3) is 0.500. The second kappa shape index (κ2) is 6.14. The monoisotopic (exact) mass is 326 g/mol. The summed E-state index contributed by atoms with van der Waals surface area (Å²) in [5.74, 6) is -2.82. The number of carbonyl (C=O) groups excluding carboxylic acids is 1. The second-order valence-electron chi connectivity index (χ2n) is 6.27. The molecule has 0 bridgehead atoms. The van der Waals surface area contributed by atoms with E-state index in [2.05, 4.69) is 4.98 Å². The Bertz CT molecular complexity index is 607. The molecule has 0 aromatic carbocycles. The number of hydrogen-bond donors (Lipinski definition) is 0. The van der Waals surface area contributed by atoms with Gasteiger partial charge in [-0.25, -0.2) is 9.78 Å². The molecule has 1 amide bonds. The second-order valence-corrected chi connectivity index (χ2v) is 6.27. The van der Waals surface area contributed by atoms with Crippen molar-refractivity contribution in [3.05, 3.63) is 30.0 Å². The van der Waals surface area contributed by atoms with Gasteiger partial charge >= 0.3 is 6.09 Å². The summed E-state index contributed by atoms with van der Waals surface area (Å²) < 4.78 is 38.9. The maximum absolute atomic E-state index is 14.4. The first kappa shape index (κ1) is 17.2. The number of hydrogen-bond acceptors (Lipinski definition) is 4. The van der Waals surface area contributed by atoms with Gasteiger partial charge in [-0.3, -0.25) is 4.90 Å². The van der Waals surface area contributed by atoms with Gasteiger partial charge in [-0.2, -0.15) is 8.78 Å². The highest BCUT2D eigenvalue weighted by Crippen LogP contribution is 2.36. The molecule has 0 aliphatic carbocycles. The first-order valence-electron chi connectivity index (χ1n) is 7.19. The number of carbonyl (C=O) groups is 1. The minimum atomic E-state index is -3.18. The van der Waals surface area contributed by atoms with Crippen LogP contribution in [-0.4, -0.2) is 47.7 Å². The van der Waals surface area contributed by atoms with Crippen LogP contribution < -0.4 is 4.74 Å². The standard InChI is InChI=1S/C16H20F2N2O3/c1-15(2,3)23-14(21)20-8-7-12(16(17,18)10-20)11-5-6-13(22-4)19-9-11/h5-7,9H,8,10H2,1-4H3. The van der Waals surface area contributed by atoms with Crippen molar-refractivity contribution in [2.75, 3.05) is 20.2 Å². The highest BCUT2D eigenvalue weighted by molar-refractivity contribution is 5.76. The number of amides is 1. The zero-order valence-corrected chi connectivity index (χ0v) is 13.6. The van der Waals surface area contributed by atoms with Crippen LogP contribution in [-0.2, 0) is 4.74 Å². The van der Waals surface area contributed by atoms with Gasteiger partial charge < -0.3 is 9.47 Å². The van der Waals surface area contributed by atoms with Gasteiger partial charge in [0.05, 0.1) is 13.7 Å². The Morgan fingerprint density at radius 3 is 2.52 bits per heavy atom. The van der Waals surface area contributed by atoms with Gasteiger partial charge in [-0.1, -0.05) is 6.08 Å². The predicted molar refractivity (Wildman–Crippen MR) is 81.5 cm³/mol. The van der Waals surface area contributed by atoms with Crippen molar-refractivity contribution in [2.45, 2.75) is 32.3 Å². The first-order valence-corrected chi connectivity index (χ1v) is 7.19. The largest absolute Gasteiger partial charge is 0.481 e. The number of rotatable bonds is 2. The molecule has 0 fully saturated rings. The topological polar surface area (TPSA) is 51.7 Å². The van der Waals surface area contributed by atoms with Crippen molar-refractivity contribution < 1.29 is 23.0 Å². The highest BCUT2D eigenvalue weighted by Gasteiger charge is 2.42. The molecule has 1 aromatic heterocycles. The molecule has 2 rings (SSSR count). The quantitative estimate of drug-likeness (QED) is 0.836. The van der Waals surface area contributed by atoms with Crippen molar-refractivity contribution >= 4 is 11.7 Å². The van der Waals surface area contributed by atoms with Crippen molar-refractivity contribution in [1.82, 2.24) is 9.88 Å². The van der Waals surface area contributed by atoms with Crippen LogP contribution in [0.4, 0.5) is 13.6 Å². The van der Waals surface area contributed by atoms with Crippen molar-refractivity contribution in [2.24, 2.45) is 0 Å². The van der Waals surface area contributed by atoms with E-state index in [1.165, 1.54) is 31.5 Å². The Labute approximate surface area is 133 Å². The summed E-state index contributed by atoms with van der Waals surface area (Å²) in [6.07, 6.45) is 1.92. The molecular weight excluding hydrogens is 306 g/mol. The molecule has 0 atom stereocenters. The van der Waals surface area contributed by atoms with Gasteiger partial charge in [-0.15, -0.1) is 0 Å². The van der Waals surface area contributed by atoms with Crippen LogP contribution >= 0.6 is 0 Å². The van der Waals surface area contributed by atoms with E-state index in [1.54, 1.807) is 20.8 Å². The molecule has 5 nitrogen and oxygen atoms in total. The molecule has 0 saturated heterocycles. The minimum Gasteiger partial charge on any atom is -0.481 e. The van der Waals surface area contributed by atoms with Crippen LogP contribution in [0.2, 0.25) is 0 Å². The third kappa shape index (κ3) is 4.18. The Hall–Kier alpha value is -2.18. The lowest BCUT2D eigenvalue weighted by atomic mass is 9.97. The van der Waals surface area contributed by atoms with Crippen LogP contribution in [0.1, 0.15) is 26.3 Å². The molecule has 126 valence electrons. The SMILES string of the molecule is COc1ccc(C2=CCN(C(=O)OC(C)(C)C)CC2(F)F)cn1. The average Bonchev–Trinajstić information content (AvgIpc) is 2.44. The van der Waals surface area contributed by atoms with E-state index in [4.69, 9.17) is 9.47 Å². The molecule has 0 radical (unpaired) electrons. The molecule has 1 aliphatic heterocycles. The first-order chi connectivity index (χ1) is 10.6. The van der Waals surface area contributed by atoms with E-state index < -0.39 is 24.2 Å². The van der Waals surface area contributed by atoms with E-state index in [0.29, 0.717) is 11.4 Å². The van der Waals surface area contributed by atoms with Gasteiger partial charge in [0.25, 0.3) is 5.92 Å². The Kier molecular flexibility index (Phi) is 4.58. The average molecular weight is 326 g/mol. The summed E-state index contributed by atoms with van der Waals surface area (Å²) in [4.78, 5) is 16.9. The molecule has 1 aliphatic rings. The lowest BCUT2D eigenvalue weighted by Gasteiger charge is -2.34. The molecule has 1 aromatic rings. The van der Waals surface area contributed by atoms with Gasteiger partial charge in [0, 0.05) is 29.9 Å². The molecule has 0 spiro atoms. The number of methoxy groups -OCH3 is 1. The van der Waals surface area contributed by atoms with E-state index in [0.717, 1.165) is 4.90 Å². The van der Waals surface area contributed by atoms with E-state index in [-0.39, 0.29) is 12.1 Å². The number of halogens is 2. The van der Waals surface area contributed by atoms with Gasteiger partial charge in [-0.05, 0) is 26.8 Å². The summed E-state index contributed by atoms with van der Waals surface area (Å²) in [5.41, 5.74) is -0.567. The summed E-state index contributed by atoms with van der Waals surface area (Å²) >= 11 is 0. The molecular formula is C16H20F2N2O3. The van der Waals surface area contributed by atoms with Crippen LogP contribution in [0.5, 0.6) is 5.88 Å². The molecule has 23 heavy (non-hydrogen) atoms. The highest BCUT2D eigenvalue weighted by atomic mass is 19.3. The van der Waals surface area contributed by atoms with Crippen molar-refractivity contribution in [1.29, 1.82) is 0 Å². The van der Waals surface area contributed by atoms with Gasteiger partial charge in [0.15, 0.2) is 0 Å². The van der Waals surface area contributed by atoms with Crippen molar-refractivity contribution in [3.63, 3.8) is 0 Å². The maximum Gasteiger partial charge on any atom is 0.410 e. The molecule has 0 unspecified atom stereocenters. The third-order valence-electron chi connectivity index (χ3n) is 3.21. The van der Waals surface area contributed by atoms with Crippen LogP contribution in [0, 0.1) is 0 Å². The van der Waals surface area contributed by atoms with Gasteiger partial charge in [0.2, 0.25) is 5.88 Å². The molecule has 2 heterocycles. The van der Waals surface area contributed by atoms with E-state index in [9.17, 15) is 13.6 Å². The smallest absolute Gasteiger partial charge is 0.410 e. The Morgan fingerprint density at radius 1 is 1.35 bits per heavy atom. The Balaban J connectivity index is 2.19. The van der Waals surface area contributed by atoms with Crippen LogP contribution in [0.3, 0.4) is 0 Å². The van der Waals surface area contributed by atoms with Crippen LogP contribution in [0.25, 0.3) is 5.57 Å². The molecule has 7 heteroatoms. The lowest BCUT2D eigenvalue weighted by Crippen LogP contribution is -2.46. The molecule has 0 N–H and O–H groups in total. The zero-order chi connectivity index (χ0) is 17.3. The zero-order valence-electron chi connectivity index (χ0n) is 13.6. The lowest BCUT2D eigenvalue weighted by molar-refractivity contribution is -0.0105. The summed E-state index contributed by atoms with van der Waals surface area (Å²) in [7, 11) is 1.45. The van der Waals surface area contributed by atoms with E-state index in [1.807, 2.05) is 0 Å². The maximum atomic E-state index is 14.4. The number of pyridine rings is 1. The predicted octanol–water partition coefficient (Wildman–Crippen LogP) is 3.36.